The maximum Gasteiger partial charge on any atom is 0.338 e. The van der Waals surface area contributed by atoms with Crippen LogP contribution in [0.1, 0.15) is 67.3 Å². The third kappa shape index (κ3) is 13.5. The van der Waals surface area contributed by atoms with Gasteiger partial charge in [-0.15, -0.1) is 0 Å². The van der Waals surface area contributed by atoms with Gasteiger partial charge < -0.3 is 24.8 Å². The number of hydrogen-bond donors (Lipinski definition) is 3. The molecule has 0 amide bonds. The number of carbonyl (C=O) groups is 2. The summed E-state index contributed by atoms with van der Waals surface area (Å²) < 4.78 is 10.6. The average Bonchev–Trinajstić information content (AvgIpc) is 3.35. The van der Waals surface area contributed by atoms with Crippen LogP contribution >= 0.6 is 0 Å². The molecule has 2 aromatic carbocycles. The van der Waals surface area contributed by atoms with Crippen molar-refractivity contribution < 1.29 is 34.4 Å². The van der Waals surface area contributed by atoms with Crippen LogP contribution in [0, 0.1) is 17.8 Å². The Morgan fingerprint density at radius 2 is 1.62 bits per heavy atom. The Bertz CT molecular complexity index is 1360. The molecule has 1 saturated carbocycles. The standard InChI is InChI=1S/C34H44N6O7/c35-39-37-21-25(22-38-40-36)23-46-34(45)26-13-17-28(18-14-26)47-33(44)11-7-2-1-6-10-29-30(32(43)20-31(29)42)19-16-27(41)15-12-24-8-4-3-5-9-24/h1,3-6,8-9,13-14,17-18,25,27,29-32,41-43H,2,7,10-12,15-16,19-23H2/b6-1-/t27-,29+,30+,31-,32+/m0/s1. The van der Waals surface area contributed by atoms with Crippen molar-refractivity contribution in [1.29, 1.82) is 0 Å². The van der Waals surface area contributed by atoms with E-state index in [0.29, 0.717) is 44.9 Å². The summed E-state index contributed by atoms with van der Waals surface area (Å²) in [5.41, 5.74) is 18.4. The van der Waals surface area contributed by atoms with Gasteiger partial charge in [0.2, 0.25) is 0 Å². The van der Waals surface area contributed by atoms with Crippen LogP contribution in [0.2, 0.25) is 0 Å². The molecule has 0 spiro atoms. The predicted molar refractivity (Wildman–Crippen MR) is 175 cm³/mol. The van der Waals surface area contributed by atoms with Gasteiger partial charge in [-0.25, -0.2) is 4.79 Å². The van der Waals surface area contributed by atoms with Gasteiger partial charge in [0, 0.05) is 35.3 Å². The Morgan fingerprint density at radius 3 is 2.30 bits per heavy atom. The molecule has 0 bridgehead atoms. The number of aliphatic hydroxyl groups excluding tert-OH is 3. The predicted octanol–water partition coefficient (Wildman–Crippen LogP) is 6.23. The molecule has 3 rings (SSSR count). The summed E-state index contributed by atoms with van der Waals surface area (Å²) in [7, 11) is 0. The second kappa shape index (κ2) is 20.7. The molecule has 13 nitrogen and oxygen atoms in total. The zero-order valence-corrected chi connectivity index (χ0v) is 26.5. The largest absolute Gasteiger partial charge is 0.462 e. The van der Waals surface area contributed by atoms with Crippen LogP contribution in [0.4, 0.5) is 0 Å². The minimum atomic E-state index is -0.621. The monoisotopic (exact) mass is 648 g/mol. The minimum Gasteiger partial charge on any atom is -0.462 e. The Morgan fingerprint density at radius 1 is 0.936 bits per heavy atom. The molecule has 47 heavy (non-hydrogen) atoms. The van der Waals surface area contributed by atoms with E-state index in [1.807, 2.05) is 42.5 Å². The number of benzene rings is 2. The summed E-state index contributed by atoms with van der Waals surface area (Å²) in [5, 5.41) is 38.4. The molecule has 1 aliphatic carbocycles. The molecule has 0 unspecified atom stereocenters. The van der Waals surface area contributed by atoms with Gasteiger partial charge in [0.15, 0.2) is 0 Å². The van der Waals surface area contributed by atoms with Gasteiger partial charge in [0.25, 0.3) is 0 Å². The van der Waals surface area contributed by atoms with Crippen LogP contribution in [0.3, 0.4) is 0 Å². The van der Waals surface area contributed by atoms with Crippen LogP contribution < -0.4 is 4.74 Å². The highest BCUT2D eigenvalue weighted by atomic mass is 16.5. The van der Waals surface area contributed by atoms with Crippen LogP contribution in [-0.2, 0) is 16.0 Å². The lowest BCUT2D eigenvalue weighted by Gasteiger charge is -2.23. The van der Waals surface area contributed by atoms with E-state index in [0.717, 1.165) is 6.42 Å². The van der Waals surface area contributed by atoms with Crippen molar-refractivity contribution in [3.63, 3.8) is 0 Å². The van der Waals surface area contributed by atoms with Crippen molar-refractivity contribution in [2.75, 3.05) is 19.7 Å². The molecule has 2 aromatic rings. The highest BCUT2D eigenvalue weighted by Gasteiger charge is 2.40. The first-order chi connectivity index (χ1) is 22.8. The molecule has 5 atom stereocenters. The van der Waals surface area contributed by atoms with E-state index < -0.39 is 36.2 Å². The van der Waals surface area contributed by atoms with E-state index >= 15 is 0 Å². The quantitative estimate of drug-likeness (QED) is 0.0286. The topological polar surface area (TPSA) is 211 Å². The number of ether oxygens (including phenoxy) is 2. The van der Waals surface area contributed by atoms with Gasteiger partial charge in [-0.1, -0.05) is 52.7 Å². The lowest BCUT2D eigenvalue weighted by molar-refractivity contribution is -0.134. The summed E-state index contributed by atoms with van der Waals surface area (Å²) in [5.74, 6) is -1.34. The van der Waals surface area contributed by atoms with Crippen molar-refractivity contribution in [1.82, 2.24) is 0 Å². The highest BCUT2D eigenvalue weighted by Crippen LogP contribution is 2.38. The van der Waals surface area contributed by atoms with E-state index in [-0.39, 0.29) is 49.3 Å². The Labute approximate surface area is 274 Å². The Balaban J connectivity index is 1.34. The van der Waals surface area contributed by atoms with Crippen molar-refractivity contribution in [2.45, 2.75) is 76.1 Å². The summed E-state index contributed by atoms with van der Waals surface area (Å²) >= 11 is 0. The van der Waals surface area contributed by atoms with Gasteiger partial charge in [0.1, 0.15) is 5.75 Å². The number of carbonyl (C=O) groups excluding carboxylic acids is 2. The molecule has 1 fully saturated rings. The Hall–Kier alpha value is -4.38. The van der Waals surface area contributed by atoms with Gasteiger partial charge in [-0.3, -0.25) is 4.79 Å². The number of allylic oxidation sites excluding steroid dienone is 2. The molecule has 13 heteroatoms. The first kappa shape index (κ1) is 37.1. The van der Waals surface area contributed by atoms with Crippen LogP contribution in [0.25, 0.3) is 20.9 Å². The van der Waals surface area contributed by atoms with Crippen LogP contribution in [0.5, 0.6) is 5.75 Å². The average molecular weight is 649 g/mol. The number of unbranched alkanes of at least 4 members (excludes halogenated alkanes) is 1. The lowest BCUT2D eigenvalue weighted by Crippen LogP contribution is -2.23. The van der Waals surface area contributed by atoms with E-state index in [2.05, 4.69) is 20.1 Å². The number of esters is 2. The number of nitrogens with zero attached hydrogens (tertiary/aromatic N) is 6. The molecule has 252 valence electrons. The number of hydrogen-bond acceptors (Lipinski definition) is 9. The van der Waals surface area contributed by atoms with Gasteiger partial charge >= 0.3 is 11.9 Å². The maximum absolute atomic E-state index is 12.3. The minimum absolute atomic E-state index is 0.0176. The number of azide groups is 2. The van der Waals surface area contributed by atoms with Gasteiger partial charge in [-0.2, -0.15) is 0 Å². The molecular weight excluding hydrogens is 604 g/mol. The zero-order chi connectivity index (χ0) is 33.9. The smallest absolute Gasteiger partial charge is 0.338 e. The summed E-state index contributed by atoms with van der Waals surface area (Å²) in [6.07, 6.45) is 7.39. The van der Waals surface area contributed by atoms with E-state index in [1.165, 1.54) is 29.8 Å². The van der Waals surface area contributed by atoms with Crippen molar-refractivity contribution in [3.8, 4) is 5.75 Å². The van der Waals surface area contributed by atoms with E-state index in [1.54, 1.807) is 0 Å². The second-order valence-corrected chi connectivity index (χ2v) is 11.8. The van der Waals surface area contributed by atoms with E-state index in [4.69, 9.17) is 20.5 Å². The summed E-state index contributed by atoms with van der Waals surface area (Å²) in [6, 6.07) is 16.0. The molecule has 3 N–H and O–H groups in total. The lowest BCUT2D eigenvalue weighted by atomic mass is 9.85. The van der Waals surface area contributed by atoms with Crippen molar-refractivity contribution >= 4 is 11.9 Å². The number of aryl methyl sites for hydroxylation is 1. The number of aliphatic hydroxyl groups is 3. The van der Waals surface area contributed by atoms with Crippen LogP contribution in [0.15, 0.2) is 77.0 Å². The second-order valence-electron chi connectivity index (χ2n) is 11.8. The van der Waals surface area contributed by atoms with Crippen LogP contribution in [-0.4, -0.2) is 65.3 Å². The van der Waals surface area contributed by atoms with Gasteiger partial charge in [0.05, 0.1) is 30.5 Å². The first-order valence-corrected chi connectivity index (χ1v) is 16.0. The highest BCUT2D eigenvalue weighted by molar-refractivity contribution is 5.89. The maximum atomic E-state index is 12.3. The zero-order valence-electron chi connectivity index (χ0n) is 26.5. The molecule has 1 aliphatic rings. The third-order valence-electron chi connectivity index (χ3n) is 8.37. The number of rotatable bonds is 20. The molecule has 0 aromatic heterocycles. The third-order valence-corrected chi connectivity index (χ3v) is 8.37. The fourth-order valence-corrected chi connectivity index (χ4v) is 5.73. The Kier molecular flexibility index (Phi) is 16.3. The summed E-state index contributed by atoms with van der Waals surface area (Å²) in [6.45, 7) is -0.0566. The molecule has 0 aliphatic heterocycles. The van der Waals surface area contributed by atoms with Crippen molar-refractivity contribution in [2.24, 2.45) is 28.0 Å². The van der Waals surface area contributed by atoms with E-state index in [9.17, 15) is 24.9 Å². The molecule has 0 heterocycles. The molecule has 0 radical (unpaired) electrons. The van der Waals surface area contributed by atoms with Gasteiger partial charge in [-0.05, 0) is 104 Å². The fourth-order valence-electron chi connectivity index (χ4n) is 5.73. The first-order valence-electron chi connectivity index (χ1n) is 16.0. The molecular formula is C34H44N6O7. The fraction of sp³-hybridized carbons (Fsp3) is 0.529. The normalized spacial score (nSPS) is 20.1. The van der Waals surface area contributed by atoms with Crippen molar-refractivity contribution in [3.05, 3.63) is 98.8 Å². The SMILES string of the molecule is [N-]=[N+]=NCC(CN=[N+]=[N-])COC(=O)c1ccc(OC(=O)CCC/C=C\C[C@@H]2[C@@H](CC[C@@H](O)CCc3ccccc3)[C@H](O)C[C@@H]2O)cc1. The molecule has 0 saturated heterocycles. The summed E-state index contributed by atoms with van der Waals surface area (Å²) in [4.78, 5) is 30.0.